The fraction of sp³-hybridized carbons (Fsp3) is 0.500. The topological polar surface area (TPSA) is 49.4 Å². The molecule has 1 unspecified atom stereocenters. The van der Waals surface area contributed by atoms with Gasteiger partial charge in [0, 0.05) is 31.4 Å². The first-order valence-electron chi connectivity index (χ1n) is 5.86. The molecule has 1 aromatic rings. The van der Waals surface area contributed by atoms with Gasteiger partial charge >= 0.3 is 0 Å². The molecule has 1 aliphatic rings. The number of amides is 2. The van der Waals surface area contributed by atoms with E-state index in [0.717, 1.165) is 28.7 Å². The standard InChI is InChI=1S/C12H15BrN2O2S/c1-8(16)14-10-3-2-4-15(6-10)12(17)9-5-11(13)18-7-9/h5,7,10H,2-4,6H2,1H3,(H,14,16). The van der Waals surface area contributed by atoms with Gasteiger partial charge in [-0.3, -0.25) is 9.59 Å². The molecule has 2 rings (SSSR count). The Morgan fingerprint density at radius 1 is 1.56 bits per heavy atom. The van der Waals surface area contributed by atoms with Gasteiger partial charge in [-0.2, -0.15) is 0 Å². The van der Waals surface area contributed by atoms with E-state index in [-0.39, 0.29) is 17.9 Å². The summed E-state index contributed by atoms with van der Waals surface area (Å²) in [6, 6.07) is 1.93. The molecule has 1 fully saturated rings. The second-order valence-corrected chi connectivity index (χ2v) is 6.72. The summed E-state index contributed by atoms with van der Waals surface area (Å²) in [5, 5.41) is 4.74. The van der Waals surface area contributed by atoms with E-state index in [9.17, 15) is 9.59 Å². The smallest absolute Gasteiger partial charge is 0.254 e. The van der Waals surface area contributed by atoms with Crippen LogP contribution in [0.1, 0.15) is 30.1 Å². The number of carbonyl (C=O) groups is 2. The molecule has 2 heterocycles. The van der Waals surface area contributed by atoms with Crippen molar-refractivity contribution in [1.29, 1.82) is 0 Å². The summed E-state index contributed by atoms with van der Waals surface area (Å²) in [6.45, 7) is 2.88. The van der Waals surface area contributed by atoms with Crippen molar-refractivity contribution in [3.05, 3.63) is 20.8 Å². The maximum absolute atomic E-state index is 12.2. The Morgan fingerprint density at radius 3 is 2.94 bits per heavy atom. The van der Waals surface area contributed by atoms with Crippen LogP contribution < -0.4 is 5.32 Å². The monoisotopic (exact) mass is 330 g/mol. The van der Waals surface area contributed by atoms with Gasteiger partial charge in [0.2, 0.25) is 5.91 Å². The van der Waals surface area contributed by atoms with Crippen LogP contribution in [0.5, 0.6) is 0 Å². The van der Waals surface area contributed by atoms with Gasteiger partial charge in [-0.1, -0.05) is 0 Å². The molecule has 1 atom stereocenters. The van der Waals surface area contributed by atoms with Gasteiger partial charge in [0.05, 0.1) is 9.35 Å². The summed E-state index contributed by atoms with van der Waals surface area (Å²) >= 11 is 4.87. The fourth-order valence-corrected chi connectivity index (χ4v) is 3.30. The van der Waals surface area contributed by atoms with Crippen molar-refractivity contribution in [2.45, 2.75) is 25.8 Å². The van der Waals surface area contributed by atoms with Crippen molar-refractivity contribution < 1.29 is 9.59 Å². The summed E-state index contributed by atoms with van der Waals surface area (Å²) in [5.74, 6) is 0.0135. The third-order valence-corrected chi connectivity index (χ3v) is 4.43. The summed E-state index contributed by atoms with van der Waals surface area (Å²) in [4.78, 5) is 25.1. The van der Waals surface area contributed by atoms with E-state index in [1.165, 1.54) is 18.3 Å². The number of hydrogen-bond donors (Lipinski definition) is 1. The van der Waals surface area contributed by atoms with E-state index < -0.39 is 0 Å². The Morgan fingerprint density at radius 2 is 2.33 bits per heavy atom. The highest BCUT2D eigenvalue weighted by Crippen LogP contribution is 2.23. The molecule has 4 nitrogen and oxygen atoms in total. The van der Waals surface area contributed by atoms with Crippen molar-refractivity contribution in [1.82, 2.24) is 10.2 Å². The van der Waals surface area contributed by atoms with E-state index in [1.807, 2.05) is 16.3 Å². The van der Waals surface area contributed by atoms with E-state index >= 15 is 0 Å². The third-order valence-electron chi connectivity index (χ3n) is 2.93. The molecular formula is C12H15BrN2O2S. The number of carbonyl (C=O) groups excluding carboxylic acids is 2. The van der Waals surface area contributed by atoms with Crippen LogP contribution in [0.25, 0.3) is 0 Å². The SMILES string of the molecule is CC(=O)NC1CCCN(C(=O)c2csc(Br)c2)C1. The zero-order valence-electron chi connectivity index (χ0n) is 10.1. The Labute approximate surface area is 118 Å². The minimum absolute atomic E-state index is 0.0347. The van der Waals surface area contributed by atoms with Crippen LogP contribution in [0.2, 0.25) is 0 Å². The predicted molar refractivity (Wildman–Crippen MR) is 74.8 cm³/mol. The van der Waals surface area contributed by atoms with Crippen LogP contribution in [0.15, 0.2) is 15.2 Å². The molecule has 6 heteroatoms. The molecule has 2 amide bonds. The number of nitrogens with zero attached hydrogens (tertiary/aromatic N) is 1. The molecule has 98 valence electrons. The van der Waals surface area contributed by atoms with Gasteiger partial charge in [-0.15, -0.1) is 11.3 Å². The largest absolute Gasteiger partial charge is 0.352 e. The number of nitrogens with one attached hydrogen (secondary N) is 1. The highest BCUT2D eigenvalue weighted by atomic mass is 79.9. The number of hydrogen-bond acceptors (Lipinski definition) is 3. The average molecular weight is 331 g/mol. The van der Waals surface area contributed by atoms with E-state index in [1.54, 1.807) is 0 Å². The zero-order valence-corrected chi connectivity index (χ0v) is 12.5. The molecule has 1 saturated heterocycles. The molecular weight excluding hydrogens is 316 g/mol. The lowest BCUT2D eigenvalue weighted by Crippen LogP contribution is -2.49. The van der Waals surface area contributed by atoms with Crippen LogP contribution in [0.4, 0.5) is 0 Å². The van der Waals surface area contributed by atoms with E-state index in [2.05, 4.69) is 21.2 Å². The number of rotatable bonds is 2. The van der Waals surface area contributed by atoms with Crippen LogP contribution in [-0.2, 0) is 4.79 Å². The highest BCUT2D eigenvalue weighted by molar-refractivity contribution is 9.11. The molecule has 0 spiro atoms. The lowest BCUT2D eigenvalue weighted by molar-refractivity contribution is -0.120. The number of halogens is 1. The summed E-state index contributed by atoms with van der Waals surface area (Å²) in [5.41, 5.74) is 0.718. The lowest BCUT2D eigenvalue weighted by atomic mass is 10.0. The Balaban J connectivity index is 2.00. The first-order chi connectivity index (χ1) is 8.56. The second kappa shape index (κ2) is 5.84. The van der Waals surface area contributed by atoms with Crippen molar-refractivity contribution in [3.63, 3.8) is 0 Å². The second-order valence-electron chi connectivity index (χ2n) is 4.43. The van der Waals surface area contributed by atoms with Crippen LogP contribution in [-0.4, -0.2) is 35.8 Å². The number of piperidine rings is 1. The molecule has 1 aromatic heterocycles. The molecule has 0 radical (unpaired) electrons. The number of likely N-dealkylation sites (tertiary alicyclic amines) is 1. The molecule has 0 bridgehead atoms. The number of thiophene rings is 1. The third kappa shape index (κ3) is 3.32. The molecule has 0 aromatic carbocycles. The van der Waals surface area contributed by atoms with Crippen LogP contribution >= 0.6 is 27.3 Å². The Kier molecular flexibility index (Phi) is 4.40. The first-order valence-corrected chi connectivity index (χ1v) is 7.54. The normalized spacial score (nSPS) is 19.7. The zero-order chi connectivity index (χ0) is 13.1. The summed E-state index contributed by atoms with van der Waals surface area (Å²) in [6.07, 6.45) is 1.87. The van der Waals surface area contributed by atoms with E-state index in [0.29, 0.717) is 6.54 Å². The fourth-order valence-electron chi connectivity index (χ4n) is 2.17. The summed E-state index contributed by atoms with van der Waals surface area (Å²) in [7, 11) is 0. The van der Waals surface area contributed by atoms with Crippen LogP contribution in [0, 0.1) is 0 Å². The average Bonchev–Trinajstić information content (AvgIpc) is 2.74. The molecule has 18 heavy (non-hydrogen) atoms. The predicted octanol–water partition coefficient (Wildman–Crippen LogP) is 2.25. The minimum Gasteiger partial charge on any atom is -0.352 e. The van der Waals surface area contributed by atoms with Gasteiger partial charge in [-0.25, -0.2) is 0 Å². The Bertz CT molecular complexity index is 461. The minimum atomic E-state index is -0.0347. The van der Waals surface area contributed by atoms with Gasteiger partial charge in [0.15, 0.2) is 0 Å². The van der Waals surface area contributed by atoms with Gasteiger partial charge in [0.25, 0.3) is 5.91 Å². The summed E-state index contributed by atoms with van der Waals surface area (Å²) < 4.78 is 0.960. The van der Waals surface area contributed by atoms with Gasteiger partial charge in [-0.05, 0) is 34.8 Å². The quantitative estimate of drug-likeness (QED) is 0.904. The molecule has 0 saturated carbocycles. The van der Waals surface area contributed by atoms with Gasteiger partial charge in [0.1, 0.15) is 0 Å². The maximum Gasteiger partial charge on any atom is 0.254 e. The van der Waals surface area contributed by atoms with Crippen molar-refractivity contribution in [3.8, 4) is 0 Å². The molecule has 1 N–H and O–H groups in total. The van der Waals surface area contributed by atoms with Crippen molar-refractivity contribution in [2.75, 3.05) is 13.1 Å². The molecule has 1 aliphatic heterocycles. The van der Waals surface area contributed by atoms with Crippen LogP contribution in [0.3, 0.4) is 0 Å². The van der Waals surface area contributed by atoms with Crippen molar-refractivity contribution >= 4 is 39.1 Å². The maximum atomic E-state index is 12.2. The van der Waals surface area contributed by atoms with Crippen molar-refractivity contribution in [2.24, 2.45) is 0 Å². The van der Waals surface area contributed by atoms with Gasteiger partial charge < -0.3 is 10.2 Å². The first kappa shape index (κ1) is 13.5. The Hall–Kier alpha value is -0.880. The lowest BCUT2D eigenvalue weighted by Gasteiger charge is -2.32. The molecule has 0 aliphatic carbocycles. The highest BCUT2D eigenvalue weighted by Gasteiger charge is 2.25. The van der Waals surface area contributed by atoms with E-state index in [4.69, 9.17) is 0 Å².